The minimum absolute atomic E-state index is 0.000560. The molecule has 6 heteroatoms. The number of carboxylic acids is 1. The lowest BCUT2D eigenvalue weighted by molar-refractivity contribution is -0.139. The monoisotopic (exact) mass is 293 g/mol. The number of anilines is 1. The van der Waals surface area contributed by atoms with Crippen LogP contribution in [0.1, 0.15) is 18.4 Å². The van der Waals surface area contributed by atoms with E-state index in [0.717, 1.165) is 18.4 Å². The number of hydrogen-bond donors (Lipinski definition) is 2. The van der Waals surface area contributed by atoms with E-state index in [1.54, 1.807) is 18.2 Å². The maximum absolute atomic E-state index is 12.1. The van der Waals surface area contributed by atoms with E-state index in [9.17, 15) is 9.59 Å². The standard InChI is InChI=1S/C15H19NO5/c1-10-8-12(21-9-14(17)18)2-3-13(10)16-15(19)11-4-6-20-7-5-11/h2-3,8,11H,4-7,9H2,1H3,(H,16,19)(H,17,18). The number of benzene rings is 1. The van der Waals surface area contributed by atoms with E-state index in [-0.39, 0.29) is 18.4 Å². The van der Waals surface area contributed by atoms with Crippen molar-refractivity contribution in [2.75, 3.05) is 25.1 Å². The molecule has 0 unspecified atom stereocenters. The number of aryl methyl sites for hydroxylation is 1. The van der Waals surface area contributed by atoms with Crippen LogP contribution in [0.2, 0.25) is 0 Å². The summed E-state index contributed by atoms with van der Waals surface area (Å²) in [6, 6.07) is 5.09. The van der Waals surface area contributed by atoms with E-state index >= 15 is 0 Å². The Hall–Kier alpha value is -2.08. The maximum atomic E-state index is 12.1. The number of aliphatic carboxylic acids is 1. The molecule has 0 radical (unpaired) electrons. The van der Waals surface area contributed by atoms with Crippen LogP contribution in [0.5, 0.6) is 5.75 Å². The van der Waals surface area contributed by atoms with Gasteiger partial charge < -0.3 is 19.9 Å². The normalized spacial score (nSPS) is 15.5. The molecule has 0 aromatic heterocycles. The van der Waals surface area contributed by atoms with E-state index in [0.29, 0.717) is 24.7 Å². The fraction of sp³-hybridized carbons (Fsp3) is 0.467. The van der Waals surface area contributed by atoms with E-state index in [1.165, 1.54) is 0 Å². The van der Waals surface area contributed by atoms with Gasteiger partial charge in [-0.25, -0.2) is 4.79 Å². The van der Waals surface area contributed by atoms with Gasteiger partial charge in [-0.1, -0.05) is 0 Å². The number of rotatable bonds is 5. The second-order valence-corrected chi connectivity index (χ2v) is 5.04. The second-order valence-electron chi connectivity index (χ2n) is 5.04. The highest BCUT2D eigenvalue weighted by atomic mass is 16.5. The number of carbonyl (C=O) groups is 2. The predicted molar refractivity (Wildman–Crippen MR) is 76.5 cm³/mol. The third-order valence-corrected chi connectivity index (χ3v) is 3.41. The van der Waals surface area contributed by atoms with E-state index in [4.69, 9.17) is 14.6 Å². The summed E-state index contributed by atoms with van der Waals surface area (Å²) in [4.78, 5) is 22.6. The minimum atomic E-state index is -1.02. The molecule has 114 valence electrons. The summed E-state index contributed by atoms with van der Waals surface area (Å²) in [6.07, 6.45) is 1.48. The first-order chi connectivity index (χ1) is 10.1. The molecule has 1 aromatic carbocycles. The fourth-order valence-corrected chi connectivity index (χ4v) is 2.21. The molecule has 0 bridgehead atoms. The molecule has 0 atom stereocenters. The van der Waals surface area contributed by atoms with Crippen molar-refractivity contribution in [1.82, 2.24) is 0 Å². The predicted octanol–water partition coefficient (Wildman–Crippen LogP) is 1.82. The number of ether oxygens (including phenoxy) is 2. The second kappa shape index (κ2) is 7.08. The van der Waals surface area contributed by atoms with Gasteiger partial charge in [-0.3, -0.25) is 4.79 Å². The maximum Gasteiger partial charge on any atom is 0.341 e. The molecule has 1 aromatic rings. The van der Waals surface area contributed by atoms with Crippen molar-refractivity contribution < 1.29 is 24.2 Å². The topological polar surface area (TPSA) is 84.9 Å². The summed E-state index contributed by atoms with van der Waals surface area (Å²) in [5, 5.41) is 11.5. The van der Waals surface area contributed by atoms with Crippen LogP contribution in [0.15, 0.2) is 18.2 Å². The molecule has 0 spiro atoms. The SMILES string of the molecule is Cc1cc(OCC(=O)O)ccc1NC(=O)C1CCOCC1. The molecule has 2 rings (SSSR count). The van der Waals surface area contributed by atoms with Crippen molar-refractivity contribution in [3.05, 3.63) is 23.8 Å². The van der Waals surface area contributed by atoms with Crippen molar-refractivity contribution in [1.29, 1.82) is 0 Å². The lowest BCUT2D eigenvalue weighted by atomic mass is 9.99. The Labute approximate surface area is 123 Å². The molecular weight excluding hydrogens is 274 g/mol. The average molecular weight is 293 g/mol. The molecule has 0 aliphatic carbocycles. The van der Waals surface area contributed by atoms with Gasteiger partial charge in [0.1, 0.15) is 5.75 Å². The van der Waals surface area contributed by atoms with Gasteiger partial charge in [-0.2, -0.15) is 0 Å². The summed E-state index contributed by atoms with van der Waals surface area (Å²) < 4.78 is 10.3. The summed E-state index contributed by atoms with van der Waals surface area (Å²) >= 11 is 0. The van der Waals surface area contributed by atoms with Gasteiger partial charge in [-0.15, -0.1) is 0 Å². The fourth-order valence-electron chi connectivity index (χ4n) is 2.21. The molecule has 0 saturated carbocycles. The first-order valence-electron chi connectivity index (χ1n) is 6.90. The van der Waals surface area contributed by atoms with Crippen LogP contribution in [0.4, 0.5) is 5.69 Å². The zero-order valence-corrected chi connectivity index (χ0v) is 11.9. The van der Waals surface area contributed by atoms with Crippen LogP contribution in [0.3, 0.4) is 0 Å². The van der Waals surface area contributed by atoms with Gasteiger partial charge in [0.15, 0.2) is 6.61 Å². The van der Waals surface area contributed by atoms with Gasteiger partial charge >= 0.3 is 5.97 Å². The molecule has 6 nitrogen and oxygen atoms in total. The van der Waals surface area contributed by atoms with E-state index in [1.807, 2.05) is 6.92 Å². The van der Waals surface area contributed by atoms with Gasteiger partial charge in [0.25, 0.3) is 0 Å². The third kappa shape index (κ3) is 4.46. The summed E-state index contributed by atoms with van der Waals surface area (Å²) in [6.45, 7) is 2.71. The van der Waals surface area contributed by atoms with Gasteiger partial charge in [0, 0.05) is 24.8 Å². The Balaban J connectivity index is 1.96. The molecule has 1 amide bonds. The number of carbonyl (C=O) groups excluding carboxylic acids is 1. The van der Waals surface area contributed by atoms with Crippen LogP contribution in [-0.2, 0) is 14.3 Å². The van der Waals surface area contributed by atoms with Crippen LogP contribution >= 0.6 is 0 Å². The van der Waals surface area contributed by atoms with Crippen LogP contribution in [-0.4, -0.2) is 36.8 Å². The van der Waals surface area contributed by atoms with Crippen molar-refractivity contribution in [3.8, 4) is 5.75 Å². The number of amides is 1. The van der Waals surface area contributed by atoms with Crippen molar-refractivity contribution in [2.45, 2.75) is 19.8 Å². The molecule has 1 aliphatic heterocycles. The van der Waals surface area contributed by atoms with Gasteiger partial charge in [-0.05, 0) is 43.5 Å². The van der Waals surface area contributed by atoms with Crippen molar-refractivity contribution >= 4 is 17.6 Å². The quantitative estimate of drug-likeness (QED) is 0.865. The zero-order chi connectivity index (χ0) is 15.2. The summed E-state index contributed by atoms with van der Waals surface area (Å²) in [7, 11) is 0. The van der Waals surface area contributed by atoms with E-state index < -0.39 is 5.97 Å². The molecular formula is C15H19NO5. The Morgan fingerprint density at radius 3 is 2.71 bits per heavy atom. The Kier molecular flexibility index (Phi) is 5.16. The Morgan fingerprint density at radius 2 is 2.10 bits per heavy atom. The largest absolute Gasteiger partial charge is 0.482 e. The lowest BCUT2D eigenvalue weighted by Gasteiger charge is -2.21. The molecule has 1 aliphatic rings. The smallest absolute Gasteiger partial charge is 0.341 e. The molecule has 1 fully saturated rings. The zero-order valence-electron chi connectivity index (χ0n) is 11.9. The van der Waals surface area contributed by atoms with Gasteiger partial charge in [0.05, 0.1) is 0 Å². The Morgan fingerprint density at radius 1 is 1.38 bits per heavy atom. The molecule has 1 saturated heterocycles. The van der Waals surface area contributed by atoms with E-state index in [2.05, 4.69) is 5.32 Å². The summed E-state index contributed by atoms with van der Waals surface area (Å²) in [5.41, 5.74) is 1.55. The highest BCUT2D eigenvalue weighted by molar-refractivity contribution is 5.93. The van der Waals surface area contributed by atoms with Crippen LogP contribution < -0.4 is 10.1 Å². The molecule has 1 heterocycles. The number of hydrogen-bond acceptors (Lipinski definition) is 4. The summed E-state index contributed by atoms with van der Waals surface area (Å²) in [5.74, 6) is -0.565. The van der Waals surface area contributed by atoms with Crippen molar-refractivity contribution in [2.24, 2.45) is 5.92 Å². The third-order valence-electron chi connectivity index (χ3n) is 3.41. The average Bonchev–Trinajstić information content (AvgIpc) is 2.48. The number of carboxylic acid groups (broad SMARTS) is 1. The number of nitrogens with one attached hydrogen (secondary N) is 1. The van der Waals surface area contributed by atoms with Gasteiger partial charge in [0.2, 0.25) is 5.91 Å². The molecule has 21 heavy (non-hydrogen) atoms. The van der Waals surface area contributed by atoms with Crippen molar-refractivity contribution in [3.63, 3.8) is 0 Å². The van der Waals surface area contributed by atoms with Crippen LogP contribution in [0.25, 0.3) is 0 Å². The first-order valence-corrected chi connectivity index (χ1v) is 6.90. The van der Waals surface area contributed by atoms with Crippen LogP contribution in [0, 0.1) is 12.8 Å². The lowest BCUT2D eigenvalue weighted by Crippen LogP contribution is -2.28. The first kappa shape index (κ1) is 15.3. The Bertz CT molecular complexity index is 523. The molecule has 2 N–H and O–H groups in total. The highest BCUT2D eigenvalue weighted by Gasteiger charge is 2.21. The minimum Gasteiger partial charge on any atom is -0.482 e. The highest BCUT2D eigenvalue weighted by Crippen LogP contribution is 2.23.